The van der Waals surface area contributed by atoms with E-state index in [0.717, 1.165) is 32.5 Å². The number of carbonyl (C=O) groups is 1. The molecule has 0 aliphatic carbocycles. The minimum atomic E-state index is -0.795. The van der Waals surface area contributed by atoms with E-state index in [1.54, 1.807) is 0 Å². The highest BCUT2D eigenvalue weighted by Crippen LogP contribution is 2.27. The van der Waals surface area contributed by atoms with Gasteiger partial charge < -0.3 is 9.67 Å². The number of aromatic nitrogens is 1. The van der Waals surface area contributed by atoms with E-state index in [0.29, 0.717) is 12.1 Å². The maximum atomic E-state index is 11.2. The number of benzene rings is 1. The summed E-state index contributed by atoms with van der Waals surface area (Å²) in [7, 11) is 0. The van der Waals surface area contributed by atoms with Crippen LogP contribution in [-0.4, -0.2) is 40.2 Å². The monoisotopic (exact) mass is 364 g/mol. The van der Waals surface area contributed by atoms with Gasteiger partial charge in [-0.25, -0.2) is 4.79 Å². The van der Waals surface area contributed by atoms with Gasteiger partial charge in [0.05, 0.1) is 0 Å². The Morgan fingerprint density at radius 1 is 1.22 bits per heavy atom. The van der Waals surface area contributed by atoms with Crippen molar-refractivity contribution in [2.75, 3.05) is 19.6 Å². The van der Waals surface area contributed by atoms with Crippen molar-refractivity contribution in [1.82, 2.24) is 9.47 Å². The Kier molecular flexibility index (Phi) is 6.30. The average molecular weight is 364 g/mol. The topological polar surface area (TPSA) is 45.5 Å². The van der Waals surface area contributed by atoms with Crippen LogP contribution < -0.4 is 0 Å². The second-order valence-electron chi connectivity index (χ2n) is 7.00. The number of carboxylic acid groups (broad SMARTS) is 1. The predicted molar refractivity (Wildman–Crippen MR) is 110 cm³/mol. The second-order valence-corrected chi connectivity index (χ2v) is 7.00. The summed E-state index contributed by atoms with van der Waals surface area (Å²) in [5, 5.41) is 9.22. The standard InChI is InChI=1S/C23H28N2O2/c1-3-25-16-8-13-22(25)21(20-11-5-4-9-18(20)2)12-7-15-24-14-6-10-19(17-24)23(26)27/h4-5,8-13,16H,3,6-7,14-15,17H2,1-2H3,(H,26,27). The van der Waals surface area contributed by atoms with E-state index in [1.807, 2.05) is 6.08 Å². The molecule has 27 heavy (non-hydrogen) atoms. The fourth-order valence-electron chi connectivity index (χ4n) is 3.71. The lowest BCUT2D eigenvalue weighted by atomic mass is 9.97. The first kappa shape index (κ1) is 19.2. The van der Waals surface area contributed by atoms with Crippen LogP contribution in [0, 0.1) is 6.92 Å². The second kappa shape index (κ2) is 8.87. The molecule has 0 radical (unpaired) electrons. The maximum absolute atomic E-state index is 11.2. The number of aliphatic carboxylic acids is 1. The molecule has 3 rings (SSSR count). The summed E-state index contributed by atoms with van der Waals surface area (Å²) in [6.45, 7) is 7.57. The van der Waals surface area contributed by atoms with Gasteiger partial charge in [-0.15, -0.1) is 0 Å². The lowest BCUT2D eigenvalue weighted by Crippen LogP contribution is -2.32. The molecule has 0 atom stereocenters. The Morgan fingerprint density at radius 2 is 2.04 bits per heavy atom. The van der Waals surface area contributed by atoms with Crippen molar-refractivity contribution in [2.24, 2.45) is 0 Å². The number of hydrogen-bond donors (Lipinski definition) is 1. The molecule has 142 valence electrons. The first-order chi connectivity index (χ1) is 13.1. The van der Waals surface area contributed by atoms with Gasteiger partial charge in [-0.3, -0.25) is 4.90 Å². The van der Waals surface area contributed by atoms with E-state index in [4.69, 9.17) is 0 Å². The van der Waals surface area contributed by atoms with E-state index in [-0.39, 0.29) is 0 Å². The molecule has 0 bridgehead atoms. The molecule has 0 saturated heterocycles. The summed E-state index contributed by atoms with van der Waals surface area (Å²) in [4.78, 5) is 13.5. The van der Waals surface area contributed by atoms with Crippen molar-refractivity contribution >= 4 is 11.5 Å². The lowest BCUT2D eigenvalue weighted by Gasteiger charge is -2.25. The van der Waals surface area contributed by atoms with E-state index >= 15 is 0 Å². The maximum Gasteiger partial charge on any atom is 0.332 e. The molecule has 4 nitrogen and oxygen atoms in total. The molecular formula is C23H28N2O2. The van der Waals surface area contributed by atoms with Gasteiger partial charge in [0.25, 0.3) is 0 Å². The summed E-state index contributed by atoms with van der Waals surface area (Å²) in [5.41, 5.74) is 5.53. The van der Waals surface area contributed by atoms with Gasteiger partial charge in [-0.2, -0.15) is 0 Å². The van der Waals surface area contributed by atoms with Crippen LogP contribution in [0.25, 0.3) is 5.57 Å². The Bertz CT molecular complexity index is 861. The fourth-order valence-corrected chi connectivity index (χ4v) is 3.71. The highest BCUT2D eigenvalue weighted by atomic mass is 16.4. The van der Waals surface area contributed by atoms with Crippen molar-refractivity contribution in [3.05, 3.63) is 77.1 Å². The normalized spacial score (nSPS) is 15.6. The third-order valence-electron chi connectivity index (χ3n) is 5.18. The molecule has 0 spiro atoms. The summed E-state index contributed by atoms with van der Waals surface area (Å²) in [6, 6.07) is 12.8. The lowest BCUT2D eigenvalue weighted by molar-refractivity contribution is -0.133. The Morgan fingerprint density at radius 3 is 2.78 bits per heavy atom. The largest absolute Gasteiger partial charge is 0.478 e. The summed E-state index contributed by atoms with van der Waals surface area (Å²) in [5.74, 6) is -0.795. The number of rotatable bonds is 7. The number of nitrogens with zero attached hydrogens (tertiary/aromatic N) is 2. The molecule has 1 N–H and O–H groups in total. The van der Waals surface area contributed by atoms with Gasteiger partial charge >= 0.3 is 5.97 Å². The summed E-state index contributed by atoms with van der Waals surface area (Å²) >= 11 is 0. The van der Waals surface area contributed by atoms with Crippen LogP contribution in [0.5, 0.6) is 0 Å². The number of carboxylic acids is 1. The minimum absolute atomic E-state index is 0.518. The van der Waals surface area contributed by atoms with Crippen LogP contribution in [0.2, 0.25) is 0 Å². The van der Waals surface area contributed by atoms with Crippen molar-refractivity contribution in [3.63, 3.8) is 0 Å². The third-order valence-corrected chi connectivity index (χ3v) is 5.18. The fraction of sp³-hybridized carbons (Fsp3) is 0.348. The molecular weight excluding hydrogens is 336 g/mol. The number of hydrogen-bond acceptors (Lipinski definition) is 2. The van der Waals surface area contributed by atoms with Gasteiger partial charge in [0.2, 0.25) is 0 Å². The van der Waals surface area contributed by atoms with Crippen LogP contribution in [0.3, 0.4) is 0 Å². The van der Waals surface area contributed by atoms with E-state index in [2.05, 4.69) is 72.0 Å². The van der Waals surface area contributed by atoms with Crippen molar-refractivity contribution < 1.29 is 9.90 Å². The molecule has 2 heterocycles. The zero-order valence-corrected chi connectivity index (χ0v) is 16.2. The van der Waals surface area contributed by atoms with Gasteiger partial charge in [-0.05, 0) is 49.9 Å². The first-order valence-electron chi connectivity index (χ1n) is 9.66. The molecule has 1 aromatic heterocycles. The Balaban J connectivity index is 1.81. The van der Waals surface area contributed by atoms with Gasteiger partial charge in [0, 0.05) is 49.2 Å². The van der Waals surface area contributed by atoms with Crippen LogP contribution in [0.1, 0.15) is 36.6 Å². The van der Waals surface area contributed by atoms with E-state index in [1.165, 1.54) is 22.4 Å². The molecule has 1 aliphatic rings. The summed E-state index contributed by atoms with van der Waals surface area (Å²) < 4.78 is 2.27. The summed E-state index contributed by atoms with van der Waals surface area (Å²) in [6.07, 6.45) is 7.99. The van der Waals surface area contributed by atoms with E-state index < -0.39 is 5.97 Å². The van der Waals surface area contributed by atoms with Crippen LogP contribution >= 0.6 is 0 Å². The predicted octanol–water partition coefficient (Wildman–Crippen LogP) is 4.35. The molecule has 0 fully saturated rings. The molecule has 0 saturated carbocycles. The highest BCUT2D eigenvalue weighted by Gasteiger charge is 2.17. The minimum Gasteiger partial charge on any atom is -0.478 e. The zero-order valence-electron chi connectivity index (χ0n) is 16.2. The quantitative estimate of drug-likeness (QED) is 0.794. The van der Waals surface area contributed by atoms with E-state index in [9.17, 15) is 9.90 Å². The van der Waals surface area contributed by atoms with Crippen LogP contribution in [0.15, 0.2) is 60.3 Å². The Labute approximate surface area is 161 Å². The average Bonchev–Trinajstić information content (AvgIpc) is 3.15. The van der Waals surface area contributed by atoms with Crippen LogP contribution in [0.4, 0.5) is 0 Å². The van der Waals surface area contributed by atoms with Crippen molar-refractivity contribution in [3.8, 4) is 0 Å². The highest BCUT2D eigenvalue weighted by molar-refractivity contribution is 5.87. The third kappa shape index (κ3) is 4.58. The van der Waals surface area contributed by atoms with Crippen molar-refractivity contribution in [2.45, 2.75) is 33.2 Å². The molecule has 1 aliphatic heterocycles. The van der Waals surface area contributed by atoms with Crippen LogP contribution in [-0.2, 0) is 11.3 Å². The van der Waals surface area contributed by atoms with Gasteiger partial charge in [-0.1, -0.05) is 36.4 Å². The molecule has 0 amide bonds. The van der Waals surface area contributed by atoms with Gasteiger partial charge in [0.15, 0.2) is 0 Å². The van der Waals surface area contributed by atoms with Crippen molar-refractivity contribution in [1.29, 1.82) is 0 Å². The molecule has 4 heteroatoms. The van der Waals surface area contributed by atoms with Gasteiger partial charge in [0.1, 0.15) is 0 Å². The Hall–Kier alpha value is -2.59. The molecule has 1 aromatic carbocycles. The number of aryl methyl sites for hydroxylation is 2. The SMILES string of the molecule is CCn1cccc1C(=CCCN1CCC=C(C(=O)O)C1)c1ccccc1C. The smallest absolute Gasteiger partial charge is 0.332 e. The molecule has 2 aromatic rings. The zero-order chi connectivity index (χ0) is 19.2. The first-order valence-corrected chi connectivity index (χ1v) is 9.66. The molecule has 0 unspecified atom stereocenters.